The number of rotatable bonds is 7. The summed E-state index contributed by atoms with van der Waals surface area (Å²) in [6, 6.07) is 12.3. The lowest BCUT2D eigenvalue weighted by Gasteiger charge is -2.25. The van der Waals surface area contributed by atoms with Gasteiger partial charge in [0.25, 0.3) is 0 Å². The van der Waals surface area contributed by atoms with E-state index in [-0.39, 0.29) is 30.9 Å². The van der Waals surface area contributed by atoms with Crippen LogP contribution in [0.25, 0.3) is 16.4 Å². The highest BCUT2D eigenvalue weighted by Crippen LogP contribution is 2.35. The summed E-state index contributed by atoms with van der Waals surface area (Å²) in [6.07, 6.45) is 4.35. The van der Waals surface area contributed by atoms with E-state index in [0.29, 0.717) is 36.8 Å². The van der Waals surface area contributed by atoms with E-state index in [1.807, 2.05) is 36.1 Å². The van der Waals surface area contributed by atoms with Crippen molar-refractivity contribution in [3.63, 3.8) is 0 Å². The number of carbonyl (C=O) groups excluding carboxylic acids is 1. The van der Waals surface area contributed by atoms with Crippen LogP contribution in [0.3, 0.4) is 0 Å². The fraction of sp³-hybridized carbons (Fsp3) is 0.259. The van der Waals surface area contributed by atoms with Crippen LogP contribution in [0.1, 0.15) is 11.1 Å². The maximum Gasteiger partial charge on any atom is 0.411 e. The number of nitrogens with one attached hydrogen (secondary N) is 3. The van der Waals surface area contributed by atoms with E-state index >= 15 is 0 Å². The van der Waals surface area contributed by atoms with Crippen LogP contribution in [-0.2, 0) is 16.0 Å². The molecule has 1 atom stereocenters. The highest BCUT2D eigenvalue weighted by atomic mass is 35.5. The quantitative estimate of drug-likeness (QED) is 0.266. The van der Waals surface area contributed by atoms with Gasteiger partial charge in [0.1, 0.15) is 24.3 Å². The standard InChI is InChI=1S/C27H27FN8O3.ClH/c1-17-24(33-27(37)39-15-21-14-38-8-7-29-21)13-36-25(17)26(30-16-32-36)35(12-18-3-2-4-20(28)9-18)22-5-6-23-19(10-22)11-31-34-23;/h2-6,9-11,13,16,21,29H,7-8,12,14-15H2,1H3,(H,31,34)(H,33,37);1H/t21-;/m0./s1. The molecule has 208 valence electrons. The number of nitrogens with zero attached hydrogens (tertiary/aromatic N) is 5. The number of fused-ring (bicyclic) bond motifs is 2. The zero-order valence-corrected chi connectivity index (χ0v) is 22.4. The molecule has 0 radical (unpaired) electrons. The van der Waals surface area contributed by atoms with Crippen LogP contribution in [0.4, 0.5) is 26.4 Å². The van der Waals surface area contributed by atoms with Crippen LogP contribution in [0.2, 0.25) is 0 Å². The third-order valence-electron chi connectivity index (χ3n) is 6.68. The van der Waals surface area contributed by atoms with Crippen LogP contribution >= 0.6 is 12.4 Å². The number of hydrogen-bond acceptors (Lipinski definition) is 8. The van der Waals surface area contributed by atoms with Gasteiger partial charge in [-0.25, -0.2) is 18.7 Å². The van der Waals surface area contributed by atoms with Crippen LogP contribution in [0, 0.1) is 12.7 Å². The minimum atomic E-state index is -0.571. The Morgan fingerprint density at radius 3 is 3.02 bits per heavy atom. The zero-order chi connectivity index (χ0) is 26.8. The van der Waals surface area contributed by atoms with Gasteiger partial charge in [0, 0.05) is 29.7 Å². The second-order valence-electron chi connectivity index (χ2n) is 9.35. The van der Waals surface area contributed by atoms with Crippen molar-refractivity contribution in [2.75, 3.05) is 36.6 Å². The molecule has 1 amide bonds. The number of carbonyl (C=O) groups is 1. The van der Waals surface area contributed by atoms with E-state index < -0.39 is 6.09 Å². The van der Waals surface area contributed by atoms with Crippen molar-refractivity contribution in [1.82, 2.24) is 30.1 Å². The zero-order valence-electron chi connectivity index (χ0n) is 21.6. The molecule has 0 aliphatic carbocycles. The van der Waals surface area contributed by atoms with E-state index in [2.05, 4.69) is 30.9 Å². The largest absolute Gasteiger partial charge is 0.448 e. The predicted molar refractivity (Wildman–Crippen MR) is 151 cm³/mol. The molecule has 4 heterocycles. The molecule has 1 fully saturated rings. The molecule has 6 rings (SSSR count). The van der Waals surface area contributed by atoms with Crippen molar-refractivity contribution < 1.29 is 18.7 Å². The minimum Gasteiger partial charge on any atom is -0.448 e. The van der Waals surface area contributed by atoms with Crippen molar-refractivity contribution in [2.45, 2.75) is 19.5 Å². The fourth-order valence-electron chi connectivity index (χ4n) is 4.72. The Morgan fingerprint density at radius 1 is 1.30 bits per heavy atom. The monoisotopic (exact) mass is 566 g/mol. The van der Waals surface area contributed by atoms with Gasteiger partial charge in [-0.1, -0.05) is 12.1 Å². The van der Waals surface area contributed by atoms with Crippen molar-refractivity contribution >= 4 is 52.1 Å². The Hall–Kier alpha value is -4.26. The summed E-state index contributed by atoms with van der Waals surface area (Å²) in [5, 5.41) is 18.5. The summed E-state index contributed by atoms with van der Waals surface area (Å²) in [7, 11) is 0. The summed E-state index contributed by atoms with van der Waals surface area (Å²) in [4.78, 5) is 19.2. The van der Waals surface area contributed by atoms with Crippen LogP contribution < -0.4 is 15.5 Å². The molecule has 5 aromatic rings. The Labute approximate surface area is 235 Å². The number of aromatic nitrogens is 5. The first-order chi connectivity index (χ1) is 19.0. The number of aromatic amines is 1. The summed E-state index contributed by atoms with van der Waals surface area (Å²) < 4.78 is 26.6. The summed E-state index contributed by atoms with van der Waals surface area (Å²) in [6.45, 7) is 4.29. The van der Waals surface area contributed by atoms with E-state index in [0.717, 1.165) is 34.3 Å². The van der Waals surface area contributed by atoms with Gasteiger partial charge in [-0.2, -0.15) is 10.2 Å². The highest BCUT2D eigenvalue weighted by molar-refractivity contribution is 5.91. The Balaban J connectivity index is 0.00000323. The van der Waals surface area contributed by atoms with Crippen LogP contribution in [-0.4, -0.2) is 63.3 Å². The normalized spacial score (nSPS) is 15.1. The number of halogens is 2. The molecular weight excluding hydrogens is 539 g/mol. The van der Waals surface area contributed by atoms with E-state index in [1.165, 1.54) is 18.5 Å². The lowest BCUT2D eigenvalue weighted by atomic mass is 10.1. The number of amides is 1. The summed E-state index contributed by atoms with van der Waals surface area (Å²) >= 11 is 0. The number of morpholine rings is 1. The number of ether oxygens (including phenoxy) is 2. The molecule has 1 saturated heterocycles. The third kappa shape index (κ3) is 5.69. The number of anilines is 3. The maximum atomic E-state index is 14.1. The number of hydrogen-bond donors (Lipinski definition) is 3. The summed E-state index contributed by atoms with van der Waals surface area (Å²) in [5.74, 6) is 0.281. The van der Waals surface area contributed by atoms with Crippen molar-refractivity contribution in [2.24, 2.45) is 0 Å². The molecule has 13 heteroatoms. The lowest BCUT2D eigenvalue weighted by Crippen LogP contribution is -2.44. The SMILES string of the molecule is Cc1c(NC(=O)OC[C@@H]2COCCN2)cn2ncnc(N(Cc3cccc(F)c3)c3ccc4[nH]ncc4c3)c12.Cl. The van der Waals surface area contributed by atoms with Crippen molar-refractivity contribution in [3.8, 4) is 0 Å². The first-order valence-corrected chi connectivity index (χ1v) is 12.6. The van der Waals surface area contributed by atoms with Crippen molar-refractivity contribution in [1.29, 1.82) is 0 Å². The molecule has 1 aliphatic rings. The van der Waals surface area contributed by atoms with E-state index in [9.17, 15) is 9.18 Å². The Kier molecular flexibility index (Phi) is 8.10. The Morgan fingerprint density at radius 2 is 2.20 bits per heavy atom. The second-order valence-corrected chi connectivity index (χ2v) is 9.35. The van der Waals surface area contributed by atoms with Gasteiger partial charge in [0.05, 0.1) is 42.9 Å². The van der Waals surface area contributed by atoms with Crippen LogP contribution in [0.5, 0.6) is 0 Å². The number of benzene rings is 2. The first kappa shape index (κ1) is 27.3. The van der Waals surface area contributed by atoms with E-state index in [1.54, 1.807) is 23.0 Å². The van der Waals surface area contributed by atoms with Gasteiger partial charge in [-0.15, -0.1) is 12.4 Å². The number of aryl methyl sites for hydroxylation is 1. The second kappa shape index (κ2) is 11.9. The molecule has 2 aromatic carbocycles. The molecule has 1 aliphatic heterocycles. The molecule has 0 bridgehead atoms. The molecule has 40 heavy (non-hydrogen) atoms. The van der Waals surface area contributed by atoms with Gasteiger partial charge < -0.3 is 19.7 Å². The average Bonchev–Trinajstić information content (AvgIpc) is 3.55. The summed E-state index contributed by atoms with van der Waals surface area (Å²) in [5.41, 5.74) is 4.51. The molecule has 3 N–H and O–H groups in total. The molecule has 11 nitrogen and oxygen atoms in total. The van der Waals surface area contributed by atoms with Gasteiger partial charge in [-0.05, 0) is 42.8 Å². The molecule has 0 unspecified atom stereocenters. The predicted octanol–water partition coefficient (Wildman–Crippen LogP) is 4.35. The van der Waals surface area contributed by atoms with Crippen LogP contribution in [0.15, 0.2) is 61.2 Å². The maximum absolute atomic E-state index is 14.1. The van der Waals surface area contributed by atoms with E-state index in [4.69, 9.17) is 9.47 Å². The third-order valence-corrected chi connectivity index (χ3v) is 6.68. The molecule has 0 saturated carbocycles. The van der Waals surface area contributed by atoms with Gasteiger partial charge in [-0.3, -0.25) is 10.4 Å². The first-order valence-electron chi connectivity index (χ1n) is 12.6. The minimum absolute atomic E-state index is 0. The molecular formula is C27H28ClFN8O3. The number of H-pyrrole nitrogens is 1. The van der Waals surface area contributed by atoms with Gasteiger partial charge in [0.2, 0.25) is 0 Å². The smallest absolute Gasteiger partial charge is 0.411 e. The highest BCUT2D eigenvalue weighted by Gasteiger charge is 2.22. The topological polar surface area (TPSA) is 122 Å². The molecule has 3 aromatic heterocycles. The average molecular weight is 567 g/mol. The van der Waals surface area contributed by atoms with Gasteiger partial charge >= 0.3 is 6.09 Å². The molecule has 0 spiro atoms. The van der Waals surface area contributed by atoms with Crippen molar-refractivity contribution in [3.05, 3.63) is 78.1 Å². The Bertz CT molecular complexity index is 1630. The fourth-order valence-corrected chi connectivity index (χ4v) is 4.72. The van der Waals surface area contributed by atoms with Gasteiger partial charge in [0.15, 0.2) is 5.82 Å². The lowest BCUT2D eigenvalue weighted by molar-refractivity contribution is 0.0494.